The largest absolute Gasteiger partial charge is 0.309 e. The van der Waals surface area contributed by atoms with Gasteiger partial charge in [-0.1, -0.05) is 24.6 Å². The van der Waals surface area contributed by atoms with Gasteiger partial charge in [0.15, 0.2) is 5.65 Å². The topological polar surface area (TPSA) is 66.8 Å². The van der Waals surface area contributed by atoms with E-state index in [1.807, 2.05) is 30.3 Å². The second-order valence-corrected chi connectivity index (χ2v) is 6.46. The molecule has 0 aliphatic carbocycles. The first kappa shape index (κ1) is 15.1. The normalized spacial score (nSPS) is 19.0. The van der Waals surface area contributed by atoms with E-state index in [4.69, 9.17) is 4.98 Å². The lowest BCUT2D eigenvalue weighted by atomic mass is 10.0. The van der Waals surface area contributed by atoms with Crippen LogP contribution in [-0.2, 0) is 6.54 Å². The maximum absolute atomic E-state index is 12.4. The third-order valence-corrected chi connectivity index (χ3v) is 4.78. The Kier molecular flexibility index (Phi) is 3.90. The fourth-order valence-electron chi connectivity index (χ4n) is 3.38. The van der Waals surface area contributed by atoms with Gasteiger partial charge in [0.1, 0.15) is 11.2 Å². The van der Waals surface area contributed by atoms with Gasteiger partial charge in [0.2, 0.25) is 0 Å². The zero-order valence-electron chi connectivity index (χ0n) is 13.8. The predicted molar refractivity (Wildman–Crippen MR) is 93.2 cm³/mol. The number of fused-ring (bicyclic) bond motifs is 1. The fourth-order valence-corrected chi connectivity index (χ4v) is 3.38. The molecule has 0 amide bonds. The maximum atomic E-state index is 12.4. The summed E-state index contributed by atoms with van der Waals surface area (Å²) < 4.78 is 1.73. The lowest BCUT2D eigenvalue weighted by Gasteiger charge is -2.32. The molecule has 4 rings (SSSR count). The quantitative estimate of drug-likeness (QED) is 0.804. The monoisotopic (exact) mass is 323 g/mol. The molecule has 0 saturated carbocycles. The zero-order chi connectivity index (χ0) is 16.5. The van der Waals surface area contributed by atoms with Crippen LogP contribution in [0.2, 0.25) is 0 Å². The molecule has 1 saturated heterocycles. The molecule has 1 aliphatic heterocycles. The molecule has 1 aromatic carbocycles. The molecule has 0 radical (unpaired) electrons. The van der Waals surface area contributed by atoms with E-state index in [-0.39, 0.29) is 5.56 Å². The van der Waals surface area contributed by atoms with E-state index in [1.54, 1.807) is 10.9 Å². The van der Waals surface area contributed by atoms with Gasteiger partial charge in [-0.2, -0.15) is 5.10 Å². The molecule has 1 N–H and O–H groups in total. The van der Waals surface area contributed by atoms with E-state index >= 15 is 0 Å². The molecule has 2 aromatic heterocycles. The van der Waals surface area contributed by atoms with Gasteiger partial charge >= 0.3 is 0 Å². The predicted octanol–water partition coefficient (Wildman–Crippen LogP) is 2.48. The van der Waals surface area contributed by atoms with Crippen molar-refractivity contribution in [3.05, 3.63) is 52.7 Å². The summed E-state index contributed by atoms with van der Waals surface area (Å²) >= 11 is 0. The Morgan fingerprint density at radius 2 is 2.08 bits per heavy atom. The number of piperidine rings is 1. The van der Waals surface area contributed by atoms with Crippen LogP contribution in [0.1, 0.15) is 32.0 Å². The summed E-state index contributed by atoms with van der Waals surface area (Å²) in [6.07, 6.45) is 5.27. The standard InChI is InChI=1S/C18H21N5O/c1-13-7-5-6-10-22(13)12-16-20-17-15(18(24)21-16)11-19-23(17)14-8-3-2-4-9-14/h2-4,8-9,11,13H,5-7,10,12H2,1H3,(H,20,21,24). The third kappa shape index (κ3) is 2.73. The molecule has 1 aliphatic rings. The fraction of sp³-hybridized carbons (Fsp3) is 0.389. The van der Waals surface area contributed by atoms with Crippen LogP contribution in [-0.4, -0.2) is 37.2 Å². The van der Waals surface area contributed by atoms with E-state index in [0.717, 1.165) is 12.2 Å². The first-order chi connectivity index (χ1) is 11.7. The van der Waals surface area contributed by atoms with Crippen LogP contribution >= 0.6 is 0 Å². The minimum atomic E-state index is -0.123. The number of hydrogen-bond acceptors (Lipinski definition) is 4. The first-order valence-electron chi connectivity index (χ1n) is 8.49. The van der Waals surface area contributed by atoms with Crippen LogP contribution < -0.4 is 5.56 Å². The molecule has 6 heteroatoms. The summed E-state index contributed by atoms with van der Waals surface area (Å²) in [5.74, 6) is 0.707. The molecule has 1 atom stereocenters. The summed E-state index contributed by atoms with van der Waals surface area (Å²) in [5, 5.41) is 4.87. The van der Waals surface area contributed by atoms with Gasteiger partial charge in [0, 0.05) is 6.04 Å². The number of nitrogens with zero attached hydrogens (tertiary/aromatic N) is 4. The lowest BCUT2D eigenvalue weighted by Crippen LogP contribution is -2.37. The van der Waals surface area contributed by atoms with E-state index in [0.29, 0.717) is 29.4 Å². The highest BCUT2D eigenvalue weighted by Crippen LogP contribution is 2.19. The Labute approximate surface area is 140 Å². The SMILES string of the molecule is CC1CCCCN1Cc1nc2c(cnn2-c2ccccc2)c(=O)[nH]1. The lowest BCUT2D eigenvalue weighted by molar-refractivity contribution is 0.149. The van der Waals surface area contributed by atoms with Crippen molar-refractivity contribution >= 4 is 11.0 Å². The number of para-hydroxylation sites is 1. The van der Waals surface area contributed by atoms with Gasteiger partial charge < -0.3 is 4.98 Å². The highest BCUT2D eigenvalue weighted by Gasteiger charge is 2.20. The molecule has 0 spiro atoms. The Hall–Kier alpha value is -2.47. The van der Waals surface area contributed by atoms with E-state index < -0.39 is 0 Å². The van der Waals surface area contributed by atoms with Gasteiger partial charge in [-0.25, -0.2) is 9.67 Å². The molecule has 0 bridgehead atoms. The van der Waals surface area contributed by atoms with Crippen molar-refractivity contribution in [1.29, 1.82) is 0 Å². The van der Waals surface area contributed by atoms with Crippen molar-refractivity contribution in [3.63, 3.8) is 0 Å². The number of likely N-dealkylation sites (tertiary alicyclic amines) is 1. The molecule has 1 fully saturated rings. The molecule has 124 valence electrons. The van der Waals surface area contributed by atoms with Crippen molar-refractivity contribution in [3.8, 4) is 5.69 Å². The molecule has 6 nitrogen and oxygen atoms in total. The molecule has 3 aromatic rings. The maximum Gasteiger partial charge on any atom is 0.262 e. The van der Waals surface area contributed by atoms with Crippen molar-refractivity contribution in [2.24, 2.45) is 0 Å². The molecule has 1 unspecified atom stereocenters. The zero-order valence-corrected chi connectivity index (χ0v) is 13.8. The van der Waals surface area contributed by atoms with Gasteiger partial charge in [-0.05, 0) is 38.4 Å². The van der Waals surface area contributed by atoms with E-state index in [1.165, 1.54) is 19.3 Å². The smallest absolute Gasteiger partial charge is 0.262 e. The average Bonchev–Trinajstić information content (AvgIpc) is 3.02. The third-order valence-electron chi connectivity index (χ3n) is 4.78. The number of nitrogens with one attached hydrogen (secondary N) is 1. The highest BCUT2D eigenvalue weighted by atomic mass is 16.1. The minimum absolute atomic E-state index is 0.123. The summed E-state index contributed by atoms with van der Waals surface area (Å²) in [5.41, 5.74) is 1.40. The van der Waals surface area contributed by atoms with Gasteiger partial charge in [0.05, 0.1) is 18.4 Å². The van der Waals surface area contributed by atoms with Crippen molar-refractivity contribution < 1.29 is 0 Å². The Morgan fingerprint density at radius 3 is 2.88 bits per heavy atom. The number of H-pyrrole nitrogens is 1. The molecular weight excluding hydrogens is 302 g/mol. The Balaban J connectivity index is 1.74. The summed E-state index contributed by atoms with van der Waals surface area (Å²) in [6, 6.07) is 10.3. The number of benzene rings is 1. The van der Waals surface area contributed by atoms with Crippen LogP contribution in [0, 0.1) is 0 Å². The summed E-state index contributed by atoms with van der Waals surface area (Å²) in [4.78, 5) is 22.4. The second-order valence-electron chi connectivity index (χ2n) is 6.46. The van der Waals surface area contributed by atoms with Crippen LogP contribution in [0.3, 0.4) is 0 Å². The van der Waals surface area contributed by atoms with Gasteiger partial charge in [0.25, 0.3) is 5.56 Å². The molecular formula is C18H21N5O. The van der Waals surface area contributed by atoms with Crippen molar-refractivity contribution in [2.75, 3.05) is 6.54 Å². The molecule has 24 heavy (non-hydrogen) atoms. The Morgan fingerprint density at radius 1 is 1.25 bits per heavy atom. The van der Waals surface area contributed by atoms with Crippen molar-refractivity contribution in [2.45, 2.75) is 38.8 Å². The summed E-state index contributed by atoms with van der Waals surface area (Å²) in [6.45, 7) is 3.97. The number of aromatic nitrogens is 4. The van der Waals surface area contributed by atoms with E-state index in [2.05, 4.69) is 21.9 Å². The van der Waals surface area contributed by atoms with Crippen LogP contribution in [0.15, 0.2) is 41.3 Å². The first-order valence-corrected chi connectivity index (χ1v) is 8.49. The van der Waals surface area contributed by atoms with Crippen LogP contribution in [0.5, 0.6) is 0 Å². The van der Waals surface area contributed by atoms with Crippen LogP contribution in [0.25, 0.3) is 16.7 Å². The number of rotatable bonds is 3. The Bertz CT molecular complexity index is 899. The minimum Gasteiger partial charge on any atom is -0.309 e. The second kappa shape index (κ2) is 6.20. The van der Waals surface area contributed by atoms with E-state index in [9.17, 15) is 4.79 Å². The summed E-state index contributed by atoms with van der Waals surface area (Å²) in [7, 11) is 0. The molecule has 3 heterocycles. The number of hydrogen-bond donors (Lipinski definition) is 1. The average molecular weight is 323 g/mol. The van der Waals surface area contributed by atoms with Crippen molar-refractivity contribution in [1.82, 2.24) is 24.6 Å². The number of aromatic amines is 1. The van der Waals surface area contributed by atoms with Gasteiger partial charge in [-0.3, -0.25) is 9.69 Å². The van der Waals surface area contributed by atoms with Crippen LogP contribution in [0.4, 0.5) is 0 Å². The highest BCUT2D eigenvalue weighted by molar-refractivity contribution is 5.75. The van der Waals surface area contributed by atoms with Gasteiger partial charge in [-0.15, -0.1) is 0 Å².